The van der Waals surface area contributed by atoms with Crippen LogP contribution in [0.15, 0.2) is 67.0 Å². The Kier molecular flexibility index (Phi) is 6.16. The van der Waals surface area contributed by atoms with Crippen LogP contribution in [0.1, 0.15) is 15.9 Å². The standard InChI is InChI=1S/C21H19N5O2/c22-9-10-23-21(28)19(26-20(27)16-6-2-1-3-7-16)12-15-5-4-8-17(11-15)18-13-24-25-14-18/h1-8,11,13-14,19H,10,12H2,(H,23,28)(H,24,25)(H,26,27)/t19-/m0/s1. The van der Waals surface area contributed by atoms with Crippen molar-refractivity contribution in [2.45, 2.75) is 12.5 Å². The Hall–Kier alpha value is -3.92. The first-order chi connectivity index (χ1) is 13.7. The number of aromatic nitrogens is 2. The number of hydrogen-bond donors (Lipinski definition) is 3. The predicted octanol–water partition coefficient (Wildman–Crippen LogP) is 2.06. The Morgan fingerprint density at radius 2 is 1.93 bits per heavy atom. The highest BCUT2D eigenvalue weighted by molar-refractivity contribution is 5.97. The zero-order chi connectivity index (χ0) is 19.8. The Bertz CT molecular complexity index is 978. The summed E-state index contributed by atoms with van der Waals surface area (Å²) < 4.78 is 0. The van der Waals surface area contributed by atoms with Crippen LogP contribution in [-0.4, -0.2) is 34.6 Å². The molecule has 1 atom stereocenters. The lowest BCUT2D eigenvalue weighted by atomic mass is 10.0. The molecule has 0 unspecified atom stereocenters. The van der Waals surface area contributed by atoms with Gasteiger partial charge in [0, 0.05) is 23.7 Å². The first kappa shape index (κ1) is 18.9. The number of nitrogens with one attached hydrogen (secondary N) is 3. The number of H-pyrrole nitrogens is 1. The van der Waals surface area contributed by atoms with Crippen LogP contribution in [0.5, 0.6) is 0 Å². The molecule has 28 heavy (non-hydrogen) atoms. The third kappa shape index (κ3) is 4.83. The molecule has 0 fully saturated rings. The molecule has 0 aliphatic heterocycles. The van der Waals surface area contributed by atoms with E-state index in [0.717, 1.165) is 16.7 Å². The monoisotopic (exact) mass is 373 g/mol. The summed E-state index contributed by atoms with van der Waals surface area (Å²) in [7, 11) is 0. The minimum Gasteiger partial charge on any atom is -0.341 e. The molecule has 2 amide bonds. The third-order valence-electron chi connectivity index (χ3n) is 4.20. The summed E-state index contributed by atoms with van der Waals surface area (Å²) in [6.45, 7) is -0.119. The fraction of sp³-hybridized carbons (Fsp3) is 0.143. The van der Waals surface area contributed by atoms with Gasteiger partial charge in [-0.1, -0.05) is 42.5 Å². The molecule has 3 rings (SSSR count). The van der Waals surface area contributed by atoms with Crippen molar-refractivity contribution in [1.29, 1.82) is 5.26 Å². The Labute approximate surface area is 162 Å². The molecular formula is C21H19N5O2. The van der Waals surface area contributed by atoms with Crippen molar-refractivity contribution in [2.24, 2.45) is 0 Å². The Morgan fingerprint density at radius 1 is 1.11 bits per heavy atom. The van der Waals surface area contributed by atoms with Gasteiger partial charge in [-0.3, -0.25) is 14.7 Å². The van der Waals surface area contributed by atoms with E-state index in [1.54, 1.807) is 36.7 Å². The summed E-state index contributed by atoms with van der Waals surface area (Å²) in [5.41, 5.74) is 3.23. The number of rotatable bonds is 7. The second kappa shape index (κ2) is 9.14. The van der Waals surface area contributed by atoms with Crippen molar-refractivity contribution >= 4 is 11.8 Å². The van der Waals surface area contributed by atoms with Crippen LogP contribution >= 0.6 is 0 Å². The first-order valence-corrected chi connectivity index (χ1v) is 8.76. The second-order valence-electron chi connectivity index (χ2n) is 6.16. The quantitative estimate of drug-likeness (QED) is 0.551. The van der Waals surface area contributed by atoms with Crippen molar-refractivity contribution in [3.05, 3.63) is 78.1 Å². The second-order valence-corrected chi connectivity index (χ2v) is 6.16. The minimum atomic E-state index is -0.805. The summed E-state index contributed by atoms with van der Waals surface area (Å²) in [5, 5.41) is 20.7. The van der Waals surface area contributed by atoms with Gasteiger partial charge in [0.2, 0.25) is 5.91 Å². The van der Waals surface area contributed by atoms with E-state index in [0.29, 0.717) is 12.0 Å². The molecule has 0 saturated carbocycles. The van der Waals surface area contributed by atoms with Crippen LogP contribution in [0, 0.1) is 11.3 Å². The number of carbonyl (C=O) groups excluding carboxylic acids is 2. The highest BCUT2D eigenvalue weighted by Crippen LogP contribution is 2.19. The van der Waals surface area contributed by atoms with Crippen molar-refractivity contribution < 1.29 is 9.59 Å². The first-order valence-electron chi connectivity index (χ1n) is 8.76. The van der Waals surface area contributed by atoms with Gasteiger partial charge >= 0.3 is 0 Å². The van der Waals surface area contributed by atoms with E-state index in [1.807, 2.05) is 36.4 Å². The number of carbonyl (C=O) groups is 2. The summed E-state index contributed by atoms with van der Waals surface area (Å²) in [6, 6.07) is 17.4. The van der Waals surface area contributed by atoms with Gasteiger partial charge in [-0.25, -0.2) is 0 Å². The van der Waals surface area contributed by atoms with E-state index in [9.17, 15) is 9.59 Å². The van der Waals surface area contributed by atoms with Crippen molar-refractivity contribution in [3.8, 4) is 17.2 Å². The largest absolute Gasteiger partial charge is 0.341 e. The van der Waals surface area contributed by atoms with Gasteiger partial charge in [-0.05, 0) is 23.3 Å². The number of benzene rings is 2. The number of aromatic amines is 1. The van der Waals surface area contributed by atoms with E-state index >= 15 is 0 Å². The SMILES string of the molecule is N#CCNC(=O)[C@H](Cc1cccc(-c2cn[nH]c2)c1)NC(=O)c1ccccc1. The molecule has 1 heterocycles. The van der Waals surface area contributed by atoms with Gasteiger partial charge in [0.15, 0.2) is 0 Å². The van der Waals surface area contributed by atoms with E-state index < -0.39 is 11.9 Å². The van der Waals surface area contributed by atoms with Gasteiger partial charge in [-0.15, -0.1) is 0 Å². The maximum Gasteiger partial charge on any atom is 0.251 e. The molecule has 0 bridgehead atoms. The summed E-state index contributed by atoms with van der Waals surface area (Å²) in [4.78, 5) is 25.0. The zero-order valence-corrected chi connectivity index (χ0v) is 15.1. The topological polar surface area (TPSA) is 111 Å². The fourth-order valence-electron chi connectivity index (χ4n) is 2.81. The van der Waals surface area contributed by atoms with Crippen LogP contribution < -0.4 is 10.6 Å². The molecule has 0 saturated heterocycles. The maximum atomic E-state index is 12.5. The molecule has 3 N–H and O–H groups in total. The van der Waals surface area contributed by atoms with E-state index in [-0.39, 0.29) is 12.5 Å². The molecule has 0 radical (unpaired) electrons. The molecule has 7 heteroatoms. The van der Waals surface area contributed by atoms with Crippen molar-refractivity contribution in [1.82, 2.24) is 20.8 Å². The Balaban J connectivity index is 1.79. The molecule has 7 nitrogen and oxygen atoms in total. The summed E-state index contributed by atoms with van der Waals surface area (Å²) in [5.74, 6) is -0.747. The van der Waals surface area contributed by atoms with Gasteiger partial charge in [-0.2, -0.15) is 10.4 Å². The van der Waals surface area contributed by atoms with E-state index in [4.69, 9.17) is 5.26 Å². The minimum absolute atomic E-state index is 0.119. The highest BCUT2D eigenvalue weighted by atomic mass is 16.2. The number of amides is 2. The zero-order valence-electron chi connectivity index (χ0n) is 15.1. The summed E-state index contributed by atoms with van der Waals surface area (Å²) >= 11 is 0. The van der Waals surface area contributed by atoms with E-state index in [1.165, 1.54) is 0 Å². The molecule has 2 aromatic carbocycles. The number of nitrogens with zero attached hydrogens (tertiary/aromatic N) is 2. The highest BCUT2D eigenvalue weighted by Gasteiger charge is 2.22. The van der Waals surface area contributed by atoms with Crippen LogP contribution in [-0.2, 0) is 11.2 Å². The van der Waals surface area contributed by atoms with Gasteiger partial charge in [0.05, 0.1) is 12.3 Å². The molecular weight excluding hydrogens is 354 g/mol. The Morgan fingerprint density at radius 3 is 2.64 bits per heavy atom. The number of nitriles is 1. The lowest BCUT2D eigenvalue weighted by Gasteiger charge is -2.18. The normalized spacial score (nSPS) is 11.2. The fourth-order valence-corrected chi connectivity index (χ4v) is 2.81. The van der Waals surface area contributed by atoms with Crippen LogP contribution in [0.25, 0.3) is 11.1 Å². The van der Waals surface area contributed by atoms with Crippen LogP contribution in [0.2, 0.25) is 0 Å². The van der Waals surface area contributed by atoms with Gasteiger partial charge in [0.1, 0.15) is 12.6 Å². The van der Waals surface area contributed by atoms with Gasteiger partial charge in [0.25, 0.3) is 5.91 Å². The molecule has 3 aromatic rings. The van der Waals surface area contributed by atoms with E-state index in [2.05, 4.69) is 20.8 Å². The third-order valence-corrected chi connectivity index (χ3v) is 4.20. The molecule has 0 aliphatic carbocycles. The van der Waals surface area contributed by atoms with Gasteiger partial charge < -0.3 is 10.6 Å². The van der Waals surface area contributed by atoms with Crippen molar-refractivity contribution in [3.63, 3.8) is 0 Å². The average molecular weight is 373 g/mol. The van der Waals surface area contributed by atoms with Crippen LogP contribution in [0.3, 0.4) is 0 Å². The van der Waals surface area contributed by atoms with Crippen molar-refractivity contribution in [2.75, 3.05) is 6.54 Å². The summed E-state index contributed by atoms with van der Waals surface area (Å²) in [6.07, 6.45) is 3.79. The average Bonchev–Trinajstić information content (AvgIpc) is 3.27. The smallest absolute Gasteiger partial charge is 0.251 e. The maximum absolute atomic E-state index is 12.5. The molecule has 140 valence electrons. The van der Waals surface area contributed by atoms with Crippen LogP contribution in [0.4, 0.5) is 0 Å². The lowest BCUT2D eigenvalue weighted by Crippen LogP contribution is -2.48. The number of hydrogen-bond acceptors (Lipinski definition) is 4. The molecule has 0 aliphatic rings. The predicted molar refractivity (Wildman–Crippen MR) is 104 cm³/mol. The molecule has 0 spiro atoms. The molecule has 1 aromatic heterocycles. The lowest BCUT2D eigenvalue weighted by molar-refractivity contribution is -0.122.